The highest BCUT2D eigenvalue weighted by Crippen LogP contribution is 2.33. The molecular formula is C22H19F3N6O. The third-order valence-corrected chi connectivity index (χ3v) is 5.32. The van der Waals surface area contributed by atoms with Crippen molar-refractivity contribution < 1.29 is 17.9 Å². The highest BCUT2D eigenvalue weighted by Gasteiger charge is 2.22. The maximum Gasteiger partial charge on any atom is 0.225 e. The van der Waals surface area contributed by atoms with Gasteiger partial charge in [0.25, 0.3) is 0 Å². The number of anilines is 2. The fraction of sp³-hybridized carbons (Fsp3) is 0.227. The van der Waals surface area contributed by atoms with Crippen LogP contribution in [0.3, 0.4) is 0 Å². The highest BCUT2D eigenvalue weighted by molar-refractivity contribution is 5.99. The van der Waals surface area contributed by atoms with Crippen molar-refractivity contribution in [1.82, 2.24) is 19.7 Å². The summed E-state index contributed by atoms with van der Waals surface area (Å²) in [5, 5.41) is 7.74. The standard InChI is InChI=1S/C22H19F3N6O/c23-13-4-1-3-12(9-13)19-18-20(26)31(17-10-14(24)6-7-16(17)25)30-21(18)29-22(28-19)27-11-15-5-2-8-32-15/h1,3-4,6-7,9-10,15H,2,5,8,11,26H2,(H,27,29,30). The Labute approximate surface area is 181 Å². The Balaban J connectivity index is 1.67. The summed E-state index contributed by atoms with van der Waals surface area (Å²) < 4.78 is 48.8. The molecule has 32 heavy (non-hydrogen) atoms. The van der Waals surface area contributed by atoms with Gasteiger partial charge in [-0.25, -0.2) is 22.8 Å². The summed E-state index contributed by atoms with van der Waals surface area (Å²) in [7, 11) is 0. The first-order valence-corrected chi connectivity index (χ1v) is 10.1. The molecule has 164 valence electrons. The van der Waals surface area contributed by atoms with Crippen LogP contribution < -0.4 is 11.1 Å². The number of nitrogen functional groups attached to an aromatic ring is 1. The normalized spacial score (nSPS) is 16.0. The number of nitrogens with two attached hydrogens (primary N) is 1. The van der Waals surface area contributed by atoms with Crippen LogP contribution in [0.2, 0.25) is 0 Å². The van der Waals surface area contributed by atoms with Crippen LogP contribution in [-0.2, 0) is 4.74 Å². The number of nitrogens with one attached hydrogen (secondary N) is 1. The average molecular weight is 440 g/mol. The lowest BCUT2D eigenvalue weighted by atomic mass is 10.1. The Morgan fingerprint density at radius 3 is 2.72 bits per heavy atom. The zero-order valence-electron chi connectivity index (χ0n) is 16.9. The predicted octanol–water partition coefficient (Wildman–Crippen LogP) is 4.07. The largest absolute Gasteiger partial charge is 0.383 e. The molecule has 1 atom stereocenters. The molecule has 1 aliphatic rings. The van der Waals surface area contributed by atoms with Crippen molar-refractivity contribution in [2.45, 2.75) is 18.9 Å². The van der Waals surface area contributed by atoms with Gasteiger partial charge in [0.2, 0.25) is 5.95 Å². The quantitative estimate of drug-likeness (QED) is 0.486. The van der Waals surface area contributed by atoms with E-state index < -0.39 is 17.5 Å². The Kier molecular flexibility index (Phi) is 5.14. The Morgan fingerprint density at radius 2 is 1.94 bits per heavy atom. The topological polar surface area (TPSA) is 90.9 Å². The first-order chi connectivity index (χ1) is 15.5. The van der Waals surface area contributed by atoms with Crippen molar-refractivity contribution in [3.8, 4) is 16.9 Å². The van der Waals surface area contributed by atoms with E-state index in [0.29, 0.717) is 29.8 Å². The fourth-order valence-electron chi connectivity index (χ4n) is 3.78. The second-order valence-corrected chi connectivity index (χ2v) is 7.51. The van der Waals surface area contributed by atoms with Gasteiger partial charge < -0.3 is 15.8 Å². The van der Waals surface area contributed by atoms with Gasteiger partial charge in [-0.2, -0.15) is 4.98 Å². The molecular weight excluding hydrogens is 421 g/mol. The van der Waals surface area contributed by atoms with E-state index in [0.717, 1.165) is 35.7 Å². The van der Waals surface area contributed by atoms with Crippen molar-refractivity contribution in [1.29, 1.82) is 0 Å². The molecule has 0 saturated carbocycles. The van der Waals surface area contributed by atoms with Crippen LogP contribution in [0.1, 0.15) is 12.8 Å². The minimum Gasteiger partial charge on any atom is -0.383 e. The molecule has 2 aromatic carbocycles. The van der Waals surface area contributed by atoms with E-state index in [1.807, 2.05) is 0 Å². The van der Waals surface area contributed by atoms with E-state index in [1.165, 1.54) is 12.1 Å². The van der Waals surface area contributed by atoms with Crippen LogP contribution in [0.25, 0.3) is 28.0 Å². The van der Waals surface area contributed by atoms with E-state index >= 15 is 0 Å². The van der Waals surface area contributed by atoms with Crippen LogP contribution in [0.5, 0.6) is 0 Å². The summed E-state index contributed by atoms with van der Waals surface area (Å²) in [6.07, 6.45) is 1.95. The summed E-state index contributed by atoms with van der Waals surface area (Å²) in [6.45, 7) is 1.20. The van der Waals surface area contributed by atoms with Crippen LogP contribution in [0.4, 0.5) is 24.9 Å². The molecule has 10 heteroatoms. The Bertz CT molecular complexity index is 1300. The Hall–Kier alpha value is -3.66. The first-order valence-electron chi connectivity index (χ1n) is 10.1. The molecule has 0 radical (unpaired) electrons. The molecule has 2 aromatic heterocycles. The van der Waals surface area contributed by atoms with E-state index in [9.17, 15) is 13.2 Å². The second kappa shape index (κ2) is 8.12. The van der Waals surface area contributed by atoms with E-state index in [2.05, 4.69) is 20.4 Å². The zero-order valence-corrected chi connectivity index (χ0v) is 16.9. The number of ether oxygens (including phenoxy) is 1. The molecule has 3 N–H and O–H groups in total. The van der Waals surface area contributed by atoms with Gasteiger partial charge >= 0.3 is 0 Å². The molecule has 1 aliphatic heterocycles. The van der Waals surface area contributed by atoms with Gasteiger partial charge in [0, 0.05) is 24.8 Å². The number of hydrogen-bond acceptors (Lipinski definition) is 6. The van der Waals surface area contributed by atoms with Crippen molar-refractivity contribution in [3.05, 3.63) is 59.9 Å². The fourth-order valence-corrected chi connectivity index (χ4v) is 3.78. The van der Waals surface area contributed by atoms with Crippen LogP contribution >= 0.6 is 0 Å². The van der Waals surface area contributed by atoms with Crippen molar-refractivity contribution in [3.63, 3.8) is 0 Å². The zero-order chi connectivity index (χ0) is 22.2. The third-order valence-electron chi connectivity index (χ3n) is 5.32. The Morgan fingerprint density at radius 1 is 1.09 bits per heavy atom. The average Bonchev–Trinajstić information content (AvgIpc) is 3.41. The predicted molar refractivity (Wildman–Crippen MR) is 114 cm³/mol. The molecule has 0 bridgehead atoms. The first kappa shape index (κ1) is 20.3. The van der Waals surface area contributed by atoms with Gasteiger partial charge in [-0.3, -0.25) is 0 Å². The summed E-state index contributed by atoms with van der Waals surface area (Å²) in [5.74, 6) is -1.55. The van der Waals surface area contributed by atoms with E-state index in [4.69, 9.17) is 10.5 Å². The minimum absolute atomic E-state index is 0.00874. The van der Waals surface area contributed by atoms with Gasteiger partial charge in [0.1, 0.15) is 29.0 Å². The number of fused-ring (bicyclic) bond motifs is 1. The minimum atomic E-state index is -0.706. The second-order valence-electron chi connectivity index (χ2n) is 7.51. The van der Waals surface area contributed by atoms with Gasteiger partial charge in [0.05, 0.1) is 17.2 Å². The molecule has 5 rings (SSSR count). The lowest BCUT2D eigenvalue weighted by Crippen LogP contribution is -2.19. The monoisotopic (exact) mass is 440 g/mol. The molecule has 4 aromatic rings. The molecule has 1 fully saturated rings. The number of hydrogen-bond donors (Lipinski definition) is 2. The number of halogens is 3. The molecule has 7 nitrogen and oxygen atoms in total. The summed E-state index contributed by atoms with van der Waals surface area (Å²) >= 11 is 0. The lowest BCUT2D eigenvalue weighted by Gasteiger charge is -2.12. The van der Waals surface area contributed by atoms with Crippen molar-refractivity contribution in [2.75, 3.05) is 24.2 Å². The van der Waals surface area contributed by atoms with Crippen LogP contribution in [-0.4, -0.2) is 39.0 Å². The van der Waals surface area contributed by atoms with E-state index in [1.54, 1.807) is 12.1 Å². The molecule has 0 amide bonds. The van der Waals surface area contributed by atoms with Crippen LogP contribution in [0, 0.1) is 17.5 Å². The molecule has 3 heterocycles. The summed E-state index contributed by atoms with van der Waals surface area (Å²) in [5.41, 5.74) is 7.05. The lowest BCUT2D eigenvalue weighted by molar-refractivity contribution is 0.120. The van der Waals surface area contributed by atoms with Gasteiger partial charge in [0.15, 0.2) is 5.65 Å². The van der Waals surface area contributed by atoms with Crippen molar-refractivity contribution >= 4 is 22.8 Å². The third kappa shape index (κ3) is 3.73. The summed E-state index contributed by atoms with van der Waals surface area (Å²) in [6, 6.07) is 8.83. The summed E-state index contributed by atoms with van der Waals surface area (Å²) in [4.78, 5) is 8.94. The molecule has 1 saturated heterocycles. The maximum absolute atomic E-state index is 14.4. The highest BCUT2D eigenvalue weighted by atomic mass is 19.1. The SMILES string of the molecule is Nc1c2c(-c3cccc(F)c3)nc(NCC3CCCO3)nc2nn1-c1cc(F)ccc1F. The number of aromatic nitrogens is 4. The molecule has 0 aliphatic carbocycles. The van der Waals surface area contributed by atoms with Gasteiger partial charge in [-0.15, -0.1) is 5.10 Å². The smallest absolute Gasteiger partial charge is 0.225 e. The van der Waals surface area contributed by atoms with Gasteiger partial charge in [-0.1, -0.05) is 12.1 Å². The van der Waals surface area contributed by atoms with E-state index in [-0.39, 0.29) is 29.2 Å². The molecule has 1 unspecified atom stereocenters. The van der Waals surface area contributed by atoms with Crippen LogP contribution in [0.15, 0.2) is 42.5 Å². The molecule has 0 spiro atoms. The van der Waals surface area contributed by atoms with Gasteiger partial charge in [-0.05, 0) is 37.1 Å². The number of benzene rings is 2. The maximum atomic E-state index is 14.4. The van der Waals surface area contributed by atoms with Crippen molar-refractivity contribution in [2.24, 2.45) is 0 Å². The number of nitrogens with zero attached hydrogens (tertiary/aromatic N) is 4. The number of rotatable bonds is 5.